The molecule has 0 radical (unpaired) electrons. The summed E-state index contributed by atoms with van der Waals surface area (Å²) in [5, 5.41) is 3.40. The highest BCUT2D eigenvalue weighted by molar-refractivity contribution is 5.11. The average Bonchev–Trinajstić information content (AvgIpc) is 2.97. The molecule has 0 aromatic carbocycles. The second-order valence-electron chi connectivity index (χ2n) is 5.64. The van der Waals surface area contributed by atoms with Crippen molar-refractivity contribution >= 4 is 0 Å². The number of nitrogens with one attached hydrogen (secondary N) is 1. The molecule has 21 heavy (non-hydrogen) atoms. The Morgan fingerprint density at radius 2 is 2.00 bits per heavy atom. The first-order valence-corrected chi connectivity index (χ1v) is 7.89. The molecule has 1 aliphatic heterocycles. The van der Waals surface area contributed by atoms with Crippen LogP contribution in [0.3, 0.4) is 0 Å². The molecule has 1 saturated heterocycles. The molecule has 1 aliphatic rings. The van der Waals surface area contributed by atoms with Gasteiger partial charge in [-0.3, -0.25) is 4.98 Å². The van der Waals surface area contributed by atoms with Gasteiger partial charge >= 0.3 is 0 Å². The standard InChI is InChI=1S/C17H24N4/c1-2-8-19-16(5-1)15-21-12-4-7-17(21)6-3-11-20-13-9-18-10-14-20/h1-2,4-5,7-8,12,18H,3,6,9-11,13-15H2. The zero-order chi connectivity index (χ0) is 14.3. The van der Waals surface area contributed by atoms with Gasteiger partial charge in [0.2, 0.25) is 0 Å². The SMILES string of the molecule is c1ccc(Cn2cccc2CCCN2CCNCC2)nc1. The molecule has 4 nitrogen and oxygen atoms in total. The van der Waals surface area contributed by atoms with Gasteiger partial charge in [0.25, 0.3) is 0 Å². The lowest BCUT2D eigenvalue weighted by Gasteiger charge is -2.27. The van der Waals surface area contributed by atoms with E-state index < -0.39 is 0 Å². The van der Waals surface area contributed by atoms with Crippen LogP contribution >= 0.6 is 0 Å². The van der Waals surface area contributed by atoms with Crippen molar-refractivity contribution in [3.05, 3.63) is 54.1 Å². The van der Waals surface area contributed by atoms with Gasteiger partial charge in [-0.05, 0) is 43.7 Å². The lowest BCUT2D eigenvalue weighted by Crippen LogP contribution is -2.43. The van der Waals surface area contributed by atoms with E-state index >= 15 is 0 Å². The lowest BCUT2D eigenvalue weighted by atomic mass is 10.2. The first kappa shape index (κ1) is 14.3. The molecule has 4 heteroatoms. The third-order valence-corrected chi connectivity index (χ3v) is 4.10. The van der Waals surface area contributed by atoms with Crippen LogP contribution in [-0.4, -0.2) is 47.2 Å². The molecular weight excluding hydrogens is 260 g/mol. The first-order chi connectivity index (χ1) is 10.4. The number of aromatic nitrogens is 2. The Morgan fingerprint density at radius 1 is 1.10 bits per heavy atom. The smallest absolute Gasteiger partial charge is 0.0645 e. The van der Waals surface area contributed by atoms with Crippen LogP contribution < -0.4 is 5.32 Å². The largest absolute Gasteiger partial charge is 0.346 e. The molecule has 0 spiro atoms. The van der Waals surface area contributed by atoms with Crippen LogP contribution in [0.15, 0.2) is 42.7 Å². The van der Waals surface area contributed by atoms with E-state index in [1.807, 2.05) is 12.3 Å². The lowest BCUT2D eigenvalue weighted by molar-refractivity contribution is 0.238. The molecule has 1 N–H and O–H groups in total. The monoisotopic (exact) mass is 284 g/mol. The number of hydrogen-bond acceptors (Lipinski definition) is 3. The van der Waals surface area contributed by atoms with Gasteiger partial charge in [-0.25, -0.2) is 0 Å². The quantitative estimate of drug-likeness (QED) is 0.877. The zero-order valence-electron chi connectivity index (χ0n) is 12.5. The molecule has 0 bridgehead atoms. The highest BCUT2D eigenvalue weighted by atomic mass is 15.2. The Morgan fingerprint density at radius 3 is 2.81 bits per heavy atom. The van der Waals surface area contributed by atoms with Crippen molar-refractivity contribution in [2.75, 3.05) is 32.7 Å². The third kappa shape index (κ3) is 4.16. The van der Waals surface area contributed by atoms with Gasteiger partial charge in [-0.1, -0.05) is 6.07 Å². The zero-order valence-corrected chi connectivity index (χ0v) is 12.5. The molecule has 0 amide bonds. The average molecular weight is 284 g/mol. The Balaban J connectivity index is 1.50. The predicted octanol–water partition coefficient (Wildman–Crippen LogP) is 1.77. The van der Waals surface area contributed by atoms with Crippen LogP contribution in [0.2, 0.25) is 0 Å². The second kappa shape index (κ2) is 7.38. The summed E-state index contributed by atoms with van der Waals surface area (Å²) < 4.78 is 2.32. The Labute approximate surface area is 126 Å². The van der Waals surface area contributed by atoms with E-state index in [9.17, 15) is 0 Å². The maximum Gasteiger partial charge on any atom is 0.0645 e. The first-order valence-electron chi connectivity index (χ1n) is 7.89. The van der Waals surface area contributed by atoms with Crippen molar-refractivity contribution in [3.63, 3.8) is 0 Å². The maximum atomic E-state index is 4.41. The van der Waals surface area contributed by atoms with Gasteiger partial charge in [-0.15, -0.1) is 0 Å². The fourth-order valence-corrected chi connectivity index (χ4v) is 2.92. The van der Waals surface area contributed by atoms with E-state index in [0.717, 1.165) is 31.7 Å². The fourth-order valence-electron chi connectivity index (χ4n) is 2.92. The van der Waals surface area contributed by atoms with E-state index in [1.54, 1.807) is 0 Å². The molecule has 3 heterocycles. The highest BCUT2D eigenvalue weighted by Crippen LogP contribution is 2.09. The Hall–Kier alpha value is -1.65. The van der Waals surface area contributed by atoms with Crippen LogP contribution in [0.25, 0.3) is 0 Å². The molecule has 3 rings (SSSR count). The van der Waals surface area contributed by atoms with Crippen LogP contribution in [-0.2, 0) is 13.0 Å². The molecule has 1 fully saturated rings. The summed E-state index contributed by atoms with van der Waals surface area (Å²) in [6.45, 7) is 6.73. The molecule has 0 saturated carbocycles. The molecule has 2 aromatic rings. The molecule has 112 valence electrons. The highest BCUT2D eigenvalue weighted by Gasteiger charge is 2.09. The summed E-state index contributed by atoms with van der Waals surface area (Å²) >= 11 is 0. The molecule has 0 atom stereocenters. The normalized spacial score (nSPS) is 16.2. The number of nitrogens with zero attached hydrogens (tertiary/aromatic N) is 3. The summed E-state index contributed by atoms with van der Waals surface area (Å²) in [7, 11) is 0. The molecule has 0 unspecified atom stereocenters. The number of piperazine rings is 1. The minimum Gasteiger partial charge on any atom is -0.346 e. The second-order valence-corrected chi connectivity index (χ2v) is 5.64. The molecule has 2 aromatic heterocycles. The summed E-state index contributed by atoms with van der Waals surface area (Å²) in [6, 6.07) is 10.5. The summed E-state index contributed by atoms with van der Waals surface area (Å²) in [5.74, 6) is 0. The predicted molar refractivity (Wildman–Crippen MR) is 85.4 cm³/mol. The van der Waals surface area contributed by atoms with E-state index in [0.29, 0.717) is 0 Å². The fraction of sp³-hybridized carbons (Fsp3) is 0.471. The molecule has 0 aliphatic carbocycles. The minimum absolute atomic E-state index is 0.872. The van der Waals surface area contributed by atoms with Crippen molar-refractivity contribution in [2.24, 2.45) is 0 Å². The van der Waals surface area contributed by atoms with Crippen LogP contribution in [0.1, 0.15) is 17.8 Å². The molecular formula is C17H24N4. The van der Waals surface area contributed by atoms with Crippen LogP contribution in [0.4, 0.5) is 0 Å². The summed E-state index contributed by atoms with van der Waals surface area (Å²) in [5.41, 5.74) is 2.54. The Bertz CT molecular complexity index is 529. The van der Waals surface area contributed by atoms with Gasteiger partial charge in [0.15, 0.2) is 0 Å². The van der Waals surface area contributed by atoms with E-state index in [1.165, 1.54) is 31.7 Å². The minimum atomic E-state index is 0.872. The van der Waals surface area contributed by atoms with E-state index in [-0.39, 0.29) is 0 Å². The Kier molecular flexibility index (Phi) is 5.03. The topological polar surface area (TPSA) is 33.1 Å². The van der Waals surface area contributed by atoms with Crippen molar-refractivity contribution < 1.29 is 0 Å². The van der Waals surface area contributed by atoms with Gasteiger partial charge in [0.1, 0.15) is 0 Å². The number of rotatable bonds is 6. The van der Waals surface area contributed by atoms with E-state index in [4.69, 9.17) is 0 Å². The van der Waals surface area contributed by atoms with Crippen molar-refractivity contribution in [3.8, 4) is 0 Å². The van der Waals surface area contributed by atoms with Gasteiger partial charge < -0.3 is 14.8 Å². The number of aryl methyl sites for hydroxylation is 1. The van der Waals surface area contributed by atoms with Crippen molar-refractivity contribution in [1.29, 1.82) is 0 Å². The summed E-state index contributed by atoms with van der Waals surface area (Å²) in [6.07, 6.45) is 6.40. The maximum absolute atomic E-state index is 4.41. The van der Waals surface area contributed by atoms with Gasteiger partial charge in [0.05, 0.1) is 12.2 Å². The van der Waals surface area contributed by atoms with Crippen molar-refractivity contribution in [2.45, 2.75) is 19.4 Å². The van der Waals surface area contributed by atoms with Crippen LogP contribution in [0.5, 0.6) is 0 Å². The van der Waals surface area contributed by atoms with Crippen LogP contribution in [0, 0.1) is 0 Å². The number of hydrogen-bond donors (Lipinski definition) is 1. The van der Waals surface area contributed by atoms with Gasteiger partial charge in [0, 0.05) is 44.3 Å². The van der Waals surface area contributed by atoms with Crippen molar-refractivity contribution in [1.82, 2.24) is 19.8 Å². The van der Waals surface area contributed by atoms with Gasteiger partial charge in [-0.2, -0.15) is 0 Å². The summed E-state index contributed by atoms with van der Waals surface area (Å²) in [4.78, 5) is 6.97. The number of pyridine rings is 1. The third-order valence-electron chi connectivity index (χ3n) is 4.10. The van der Waals surface area contributed by atoms with E-state index in [2.05, 4.69) is 50.2 Å².